The summed E-state index contributed by atoms with van der Waals surface area (Å²) in [7, 11) is 0. The van der Waals surface area contributed by atoms with Gasteiger partial charge in [0, 0.05) is 22.8 Å². The fourth-order valence-corrected chi connectivity index (χ4v) is 4.66. The van der Waals surface area contributed by atoms with E-state index in [1.54, 1.807) is 0 Å². The molecule has 2 atom stereocenters. The van der Waals surface area contributed by atoms with Crippen molar-refractivity contribution in [2.45, 2.75) is 57.6 Å². The number of ether oxygens (including phenoxy) is 1. The average molecular weight is 279 g/mol. The highest BCUT2D eigenvalue weighted by Gasteiger charge is 2.56. The molecule has 2 unspecified atom stereocenters. The monoisotopic (exact) mass is 279 g/mol. The molecule has 2 aliphatic rings. The van der Waals surface area contributed by atoms with Crippen molar-refractivity contribution in [1.82, 2.24) is 5.32 Å². The van der Waals surface area contributed by atoms with E-state index in [4.69, 9.17) is 4.74 Å². The Balaban J connectivity index is 1.51. The van der Waals surface area contributed by atoms with Crippen LogP contribution in [0.2, 0.25) is 0 Å². The number of rotatable bonds is 6. The molecule has 2 saturated carbocycles. The van der Waals surface area contributed by atoms with Crippen LogP contribution in [0, 0.1) is 5.41 Å². The minimum Gasteiger partial charge on any atom is -0.377 e. The van der Waals surface area contributed by atoms with Gasteiger partial charge in [-0.05, 0) is 37.3 Å². The second kappa shape index (κ2) is 5.94. The Morgan fingerprint density at radius 3 is 2.95 bits per heavy atom. The maximum Gasteiger partial charge on any atom is 0.0661 e. The lowest BCUT2D eigenvalue weighted by Crippen LogP contribution is -2.62. The molecule has 0 radical (unpaired) electrons. The Bertz CT molecular complexity index is 383. The van der Waals surface area contributed by atoms with Crippen LogP contribution in [0.25, 0.3) is 0 Å². The van der Waals surface area contributed by atoms with Gasteiger partial charge in [0.25, 0.3) is 0 Å². The zero-order chi connectivity index (χ0) is 13.1. The van der Waals surface area contributed by atoms with Crippen LogP contribution < -0.4 is 5.32 Å². The normalized spacial score (nSPS) is 28.7. The highest BCUT2D eigenvalue weighted by atomic mass is 32.1. The molecule has 1 spiro atoms. The summed E-state index contributed by atoms with van der Waals surface area (Å²) in [5, 5.41) is 5.82. The van der Waals surface area contributed by atoms with Crippen molar-refractivity contribution in [1.29, 1.82) is 0 Å². The largest absolute Gasteiger partial charge is 0.377 e. The fourth-order valence-electron chi connectivity index (χ4n) is 3.97. The van der Waals surface area contributed by atoms with Crippen LogP contribution in [0.3, 0.4) is 0 Å². The molecule has 2 fully saturated rings. The van der Waals surface area contributed by atoms with Gasteiger partial charge in [-0.2, -0.15) is 0 Å². The quantitative estimate of drug-likeness (QED) is 0.859. The van der Waals surface area contributed by atoms with Crippen LogP contribution in [-0.2, 0) is 11.2 Å². The standard InChI is InChI=1S/C16H25NOS/c1-2-17-14-12-15(16(14)8-3-4-9-16)18-10-7-13-6-5-11-19-13/h5-6,11,14-15,17H,2-4,7-10,12H2,1H3. The molecule has 1 heterocycles. The average Bonchev–Trinajstić information content (AvgIpc) is 3.09. The van der Waals surface area contributed by atoms with Crippen LogP contribution in [0.4, 0.5) is 0 Å². The predicted octanol–water partition coefficient (Wildman–Crippen LogP) is 3.62. The van der Waals surface area contributed by atoms with Crippen LogP contribution in [0.1, 0.15) is 43.9 Å². The van der Waals surface area contributed by atoms with Crippen LogP contribution in [0.15, 0.2) is 17.5 Å². The molecule has 106 valence electrons. The molecule has 2 aliphatic carbocycles. The fraction of sp³-hybridized carbons (Fsp3) is 0.750. The van der Waals surface area contributed by atoms with Crippen molar-refractivity contribution in [3.63, 3.8) is 0 Å². The van der Waals surface area contributed by atoms with Gasteiger partial charge in [-0.15, -0.1) is 11.3 Å². The van der Waals surface area contributed by atoms with E-state index in [9.17, 15) is 0 Å². The molecule has 0 aliphatic heterocycles. The third-order valence-electron chi connectivity index (χ3n) is 5.02. The lowest BCUT2D eigenvalue weighted by Gasteiger charge is -2.54. The van der Waals surface area contributed by atoms with E-state index in [1.165, 1.54) is 37.0 Å². The lowest BCUT2D eigenvalue weighted by atomic mass is 9.60. The molecule has 3 rings (SSSR count). The molecule has 1 aromatic rings. The highest BCUT2D eigenvalue weighted by molar-refractivity contribution is 7.09. The SMILES string of the molecule is CCNC1CC(OCCc2cccs2)C12CCCC2. The molecule has 0 bridgehead atoms. The lowest BCUT2D eigenvalue weighted by molar-refractivity contribution is -0.132. The van der Waals surface area contributed by atoms with E-state index in [-0.39, 0.29) is 0 Å². The molecule has 3 heteroatoms. The van der Waals surface area contributed by atoms with Gasteiger partial charge in [0.1, 0.15) is 0 Å². The van der Waals surface area contributed by atoms with Crippen molar-refractivity contribution < 1.29 is 4.74 Å². The third kappa shape index (κ3) is 2.61. The summed E-state index contributed by atoms with van der Waals surface area (Å²) in [5.41, 5.74) is 0.478. The summed E-state index contributed by atoms with van der Waals surface area (Å²) in [6.45, 7) is 4.20. The van der Waals surface area contributed by atoms with Crippen molar-refractivity contribution in [3.8, 4) is 0 Å². The van der Waals surface area contributed by atoms with Crippen LogP contribution in [-0.4, -0.2) is 25.3 Å². The van der Waals surface area contributed by atoms with Gasteiger partial charge in [0.15, 0.2) is 0 Å². The zero-order valence-electron chi connectivity index (χ0n) is 11.9. The van der Waals surface area contributed by atoms with E-state index in [0.717, 1.165) is 19.6 Å². The molecule has 0 aromatic carbocycles. The topological polar surface area (TPSA) is 21.3 Å². The third-order valence-corrected chi connectivity index (χ3v) is 5.95. The maximum atomic E-state index is 6.23. The zero-order valence-corrected chi connectivity index (χ0v) is 12.7. The first kappa shape index (κ1) is 13.6. The van der Waals surface area contributed by atoms with E-state index in [0.29, 0.717) is 17.6 Å². The molecule has 1 aromatic heterocycles. The van der Waals surface area contributed by atoms with Gasteiger partial charge in [-0.1, -0.05) is 25.8 Å². The maximum absolute atomic E-state index is 6.23. The molecule has 0 amide bonds. The number of thiophene rings is 1. The molecular weight excluding hydrogens is 254 g/mol. The van der Waals surface area contributed by atoms with E-state index in [1.807, 2.05) is 11.3 Å². The Morgan fingerprint density at radius 1 is 1.42 bits per heavy atom. The Kier molecular flexibility index (Phi) is 4.25. The summed E-state index contributed by atoms with van der Waals surface area (Å²) in [6, 6.07) is 5.05. The number of nitrogens with one attached hydrogen (secondary N) is 1. The molecular formula is C16H25NOS. The Morgan fingerprint density at radius 2 is 2.26 bits per heavy atom. The molecule has 2 nitrogen and oxygen atoms in total. The van der Waals surface area contributed by atoms with Crippen molar-refractivity contribution in [3.05, 3.63) is 22.4 Å². The van der Waals surface area contributed by atoms with Crippen LogP contribution >= 0.6 is 11.3 Å². The highest BCUT2D eigenvalue weighted by Crippen LogP contribution is 2.54. The van der Waals surface area contributed by atoms with Crippen molar-refractivity contribution >= 4 is 11.3 Å². The van der Waals surface area contributed by atoms with Gasteiger partial charge in [0.2, 0.25) is 0 Å². The molecule has 19 heavy (non-hydrogen) atoms. The minimum absolute atomic E-state index is 0.478. The van der Waals surface area contributed by atoms with Gasteiger partial charge in [-0.3, -0.25) is 0 Å². The predicted molar refractivity (Wildman–Crippen MR) is 80.7 cm³/mol. The smallest absolute Gasteiger partial charge is 0.0661 e. The van der Waals surface area contributed by atoms with Crippen LogP contribution in [0.5, 0.6) is 0 Å². The Labute approximate surface area is 120 Å². The summed E-state index contributed by atoms with van der Waals surface area (Å²) in [4.78, 5) is 1.45. The van der Waals surface area contributed by atoms with Gasteiger partial charge in [0.05, 0.1) is 12.7 Å². The summed E-state index contributed by atoms with van der Waals surface area (Å²) >= 11 is 1.84. The van der Waals surface area contributed by atoms with Gasteiger partial charge < -0.3 is 10.1 Å². The first-order valence-corrected chi connectivity index (χ1v) is 8.60. The number of hydrogen-bond acceptors (Lipinski definition) is 3. The summed E-state index contributed by atoms with van der Waals surface area (Å²) in [6.07, 6.45) is 8.34. The second-order valence-corrected chi connectivity index (χ2v) is 7.01. The summed E-state index contributed by atoms with van der Waals surface area (Å²) in [5.74, 6) is 0. The van der Waals surface area contributed by atoms with E-state index < -0.39 is 0 Å². The van der Waals surface area contributed by atoms with E-state index >= 15 is 0 Å². The minimum atomic E-state index is 0.478. The van der Waals surface area contributed by atoms with Gasteiger partial charge in [-0.25, -0.2) is 0 Å². The number of hydrogen-bond donors (Lipinski definition) is 1. The first-order chi connectivity index (χ1) is 9.35. The molecule has 1 N–H and O–H groups in total. The second-order valence-electron chi connectivity index (χ2n) is 5.98. The van der Waals surface area contributed by atoms with Crippen molar-refractivity contribution in [2.24, 2.45) is 5.41 Å². The molecule has 0 saturated heterocycles. The Hall–Kier alpha value is -0.380. The van der Waals surface area contributed by atoms with Crippen molar-refractivity contribution in [2.75, 3.05) is 13.2 Å². The van der Waals surface area contributed by atoms with E-state index in [2.05, 4.69) is 29.8 Å². The first-order valence-electron chi connectivity index (χ1n) is 7.72. The summed E-state index contributed by atoms with van der Waals surface area (Å²) < 4.78 is 6.23. The van der Waals surface area contributed by atoms with Gasteiger partial charge >= 0.3 is 0 Å².